The van der Waals surface area contributed by atoms with E-state index in [1.165, 1.54) is 6.07 Å². The predicted octanol–water partition coefficient (Wildman–Crippen LogP) is 1.37. The number of aliphatic hydroxyl groups excluding tert-OH is 1. The van der Waals surface area contributed by atoms with Gasteiger partial charge < -0.3 is 15.1 Å². The van der Waals surface area contributed by atoms with E-state index in [1.807, 2.05) is 0 Å². The van der Waals surface area contributed by atoms with Gasteiger partial charge >= 0.3 is 0 Å². The van der Waals surface area contributed by atoms with E-state index >= 15 is 0 Å². The van der Waals surface area contributed by atoms with Crippen molar-refractivity contribution in [3.63, 3.8) is 0 Å². The molecule has 3 rings (SSSR count). The molecule has 0 spiro atoms. The number of aromatic hydroxyl groups is 1. The quantitative estimate of drug-likeness (QED) is 0.806. The van der Waals surface area contributed by atoms with E-state index < -0.39 is 5.82 Å². The summed E-state index contributed by atoms with van der Waals surface area (Å²) in [5.74, 6) is -0.655. The van der Waals surface area contributed by atoms with Crippen molar-refractivity contribution < 1.29 is 19.4 Å². The molecule has 3 atom stereocenters. The minimum Gasteiger partial charge on any atom is -0.507 e. The lowest BCUT2D eigenvalue weighted by atomic mass is 10.00. The molecule has 1 saturated carbocycles. The molecular formula is C14H16FNO3. The Morgan fingerprint density at radius 1 is 1.32 bits per heavy atom. The van der Waals surface area contributed by atoms with Gasteiger partial charge in [0.25, 0.3) is 5.91 Å². The number of rotatable bonds is 1. The van der Waals surface area contributed by atoms with E-state index in [0.29, 0.717) is 19.0 Å². The van der Waals surface area contributed by atoms with Gasteiger partial charge in [-0.3, -0.25) is 4.79 Å². The molecule has 0 radical (unpaired) electrons. The molecule has 1 aromatic rings. The first-order chi connectivity index (χ1) is 9.06. The Hall–Kier alpha value is -1.62. The fourth-order valence-corrected chi connectivity index (χ4v) is 3.25. The molecule has 2 fully saturated rings. The van der Waals surface area contributed by atoms with Gasteiger partial charge in [-0.15, -0.1) is 0 Å². The molecule has 1 aromatic carbocycles. The van der Waals surface area contributed by atoms with Gasteiger partial charge in [0.2, 0.25) is 0 Å². The standard InChI is InChI=1S/C14H16FNO3/c15-9-2-4-12(17)10(5-9)14(19)16-6-8-1-3-13(18)11(8)7-16/h2,4-5,8,11,13,17-18H,1,3,6-7H2. The number of benzene rings is 1. The average molecular weight is 265 g/mol. The number of aliphatic hydroxyl groups is 1. The summed E-state index contributed by atoms with van der Waals surface area (Å²) in [6, 6.07) is 3.37. The molecule has 2 N–H and O–H groups in total. The molecule has 1 saturated heterocycles. The summed E-state index contributed by atoms with van der Waals surface area (Å²) >= 11 is 0. The number of fused-ring (bicyclic) bond motifs is 1. The largest absolute Gasteiger partial charge is 0.507 e. The summed E-state index contributed by atoms with van der Waals surface area (Å²) in [5.41, 5.74) is -0.00513. The molecule has 1 aliphatic carbocycles. The number of nitrogens with zero attached hydrogens (tertiary/aromatic N) is 1. The molecule has 1 amide bonds. The average Bonchev–Trinajstić information content (AvgIpc) is 2.94. The molecular weight excluding hydrogens is 249 g/mol. The third-order valence-electron chi connectivity index (χ3n) is 4.30. The summed E-state index contributed by atoms with van der Waals surface area (Å²) in [7, 11) is 0. The lowest BCUT2D eigenvalue weighted by Gasteiger charge is -2.19. The van der Waals surface area contributed by atoms with Crippen LogP contribution in [0.15, 0.2) is 18.2 Å². The van der Waals surface area contributed by atoms with Crippen molar-refractivity contribution in [2.24, 2.45) is 11.8 Å². The van der Waals surface area contributed by atoms with E-state index in [1.54, 1.807) is 4.90 Å². The Morgan fingerprint density at radius 3 is 2.84 bits per heavy atom. The van der Waals surface area contributed by atoms with Gasteiger partial charge in [-0.25, -0.2) is 4.39 Å². The first-order valence-corrected chi connectivity index (χ1v) is 6.52. The van der Waals surface area contributed by atoms with Crippen molar-refractivity contribution in [2.75, 3.05) is 13.1 Å². The van der Waals surface area contributed by atoms with Crippen LogP contribution in [-0.4, -0.2) is 40.2 Å². The van der Waals surface area contributed by atoms with Crippen LogP contribution < -0.4 is 0 Å². The van der Waals surface area contributed by atoms with E-state index in [0.717, 1.165) is 25.0 Å². The summed E-state index contributed by atoms with van der Waals surface area (Å²) < 4.78 is 13.2. The van der Waals surface area contributed by atoms with E-state index in [4.69, 9.17) is 0 Å². The van der Waals surface area contributed by atoms with Crippen LogP contribution in [0.25, 0.3) is 0 Å². The molecule has 3 unspecified atom stereocenters. The van der Waals surface area contributed by atoms with Crippen molar-refractivity contribution in [3.05, 3.63) is 29.6 Å². The predicted molar refractivity (Wildman–Crippen MR) is 66.2 cm³/mol. The molecule has 1 aliphatic heterocycles. The maximum atomic E-state index is 13.2. The minimum absolute atomic E-state index is 0.00513. The summed E-state index contributed by atoms with van der Waals surface area (Å²) in [4.78, 5) is 13.9. The monoisotopic (exact) mass is 265 g/mol. The zero-order valence-corrected chi connectivity index (χ0v) is 10.4. The number of carbonyl (C=O) groups excluding carboxylic acids is 1. The first kappa shape index (κ1) is 12.4. The normalized spacial score (nSPS) is 29.6. The first-order valence-electron chi connectivity index (χ1n) is 6.52. The Bertz CT molecular complexity index is 519. The zero-order chi connectivity index (χ0) is 13.6. The molecule has 0 bridgehead atoms. The topological polar surface area (TPSA) is 60.8 Å². The third kappa shape index (κ3) is 2.08. The van der Waals surface area contributed by atoms with Gasteiger partial charge in [-0.05, 0) is 37.0 Å². The van der Waals surface area contributed by atoms with Crippen LogP contribution in [0.2, 0.25) is 0 Å². The summed E-state index contributed by atoms with van der Waals surface area (Å²) in [6.45, 7) is 1.07. The number of phenolic OH excluding ortho intramolecular Hbond substituents is 1. The second kappa shape index (κ2) is 4.49. The van der Waals surface area contributed by atoms with Gasteiger partial charge in [0.15, 0.2) is 0 Å². The molecule has 0 aromatic heterocycles. The Morgan fingerprint density at radius 2 is 2.11 bits per heavy atom. The summed E-state index contributed by atoms with van der Waals surface area (Å²) in [6.07, 6.45) is 1.37. The van der Waals surface area contributed by atoms with Crippen molar-refractivity contribution >= 4 is 5.91 Å². The number of hydrogen-bond donors (Lipinski definition) is 2. The van der Waals surface area contributed by atoms with Crippen molar-refractivity contribution in [2.45, 2.75) is 18.9 Å². The number of likely N-dealkylation sites (tertiary alicyclic amines) is 1. The van der Waals surface area contributed by atoms with E-state index in [2.05, 4.69) is 0 Å². The van der Waals surface area contributed by atoms with E-state index in [-0.39, 0.29) is 29.2 Å². The van der Waals surface area contributed by atoms with E-state index in [9.17, 15) is 19.4 Å². The number of halogens is 1. The van der Waals surface area contributed by atoms with Crippen LogP contribution in [0, 0.1) is 17.7 Å². The van der Waals surface area contributed by atoms with Crippen molar-refractivity contribution in [1.82, 2.24) is 4.90 Å². The maximum Gasteiger partial charge on any atom is 0.257 e. The van der Waals surface area contributed by atoms with Crippen LogP contribution >= 0.6 is 0 Å². The van der Waals surface area contributed by atoms with Gasteiger partial charge in [-0.1, -0.05) is 0 Å². The van der Waals surface area contributed by atoms with Crippen molar-refractivity contribution in [3.8, 4) is 5.75 Å². The second-order valence-corrected chi connectivity index (χ2v) is 5.44. The smallest absolute Gasteiger partial charge is 0.257 e. The molecule has 5 heteroatoms. The SMILES string of the molecule is O=C(c1cc(F)ccc1O)N1CC2CCC(O)C2C1. The van der Waals surface area contributed by atoms with Crippen LogP contribution in [0.1, 0.15) is 23.2 Å². The minimum atomic E-state index is -0.541. The van der Waals surface area contributed by atoms with Gasteiger partial charge in [-0.2, -0.15) is 0 Å². The highest BCUT2D eigenvalue weighted by Gasteiger charge is 2.43. The van der Waals surface area contributed by atoms with Gasteiger partial charge in [0.1, 0.15) is 11.6 Å². The highest BCUT2D eigenvalue weighted by Crippen LogP contribution is 2.38. The van der Waals surface area contributed by atoms with Crippen LogP contribution in [-0.2, 0) is 0 Å². The Balaban J connectivity index is 1.80. The van der Waals surface area contributed by atoms with Crippen LogP contribution in [0.3, 0.4) is 0 Å². The lowest BCUT2D eigenvalue weighted by Crippen LogP contribution is -2.31. The fourth-order valence-electron chi connectivity index (χ4n) is 3.25. The number of phenols is 1. The van der Waals surface area contributed by atoms with Gasteiger partial charge in [0, 0.05) is 19.0 Å². The zero-order valence-electron chi connectivity index (χ0n) is 10.4. The Labute approximate surface area is 110 Å². The molecule has 2 aliphatic rings. The summed E-state index contributed by atoms with van der Waals surface area (Å²) in [5, 5.41) is 19.5. The van der Waals surface area contributed by atoms with Crippen LogP contribution in [0.5, 0.6) is 5.75 Å². The van der Waals surface area contributed by atoms with Gasteiger partial charge in [0.05, 0.1) is 11.7 Å². The molecule has 1 heterocycles. The Kier molecular flexibility index (Phi) is 2.93. The van der Waals surface area contributed by atoms with Crippen molar-refractivity contribution in [1.29, 1.82) is 0 Å². The number of carbonyl (C=O) groups is 1. The molecule has 4 nitrogen and oxygen atoms in total. The highest BCUT2D eigenvalue weighted by atomic mass is 19.1. The molecule has 19 heavy (non-hydrogen) atoms. The number of amides is 1. The maximum absolute atomic E-state index is 13.2. The molecule has 102 valence electrons. The number of hydrogen-bond acceptors (Lipinski definition) is 3. The third-order valence-corrected chi connectivity index (χ3v) is 4.30. The second-order valence-electron chi connectivity index (χ2n) is 5.44. The highest BCUT2D eigenvalue weighted by molar-refractivity contribution is 5.97. The fraction of sp³-hybridized carbons (Fsp3) is 0.500. The van der Waals surface area contributed by atoms with Crippen LogP contribution in [0.4, 0.5) is 4.39 Å². The lowest BCUT2D eigenvalue weighted by molar-refractivity contribution is 0.0749.